The molecular weight excluding hydrogens is 1390 g/mol. The number of hydrogen-bond acceptors (Lipinski definition) is 32. The van der Waals surface area contributed by atoms with Gasteiger partial charge in [0.1, 0.15) is 51.8 Å². The van der Waals surface area contributed by atoms with E-state index in [1.54, 1.807) is 28.4 Å². The zero-order valence-corrected chi connectivity index (χ0v) is 62.6. The van der Waals surface area contributed by atoms with E-state index in [0.717, 1.165) is 0 Å². The second-order valence-corrected chi connectivity index (χ2v) is 21.8. The summed E-state index contributed by atoms with van der Waals surface area (Å²) in [6.45, 7) is 15.2. The lowest BCUT2D eigenvalue weighted by Crippen LogP contribution is -2.35. The largest absolute Gasteiger partial charge is 0.382 e. The van der Waals surface area contributed by atoms with Crippen molar-refractivity contribution in [3.05, 3.63) is 0 Å². The molecule has 0 radical (unpaired) electrons. The molecule has 0 saturated carbocycles. The highest BCUT2D eigenvalue weighted by atomic mass is 16.6. The van der Waals surface area contributed by atoms with E-state index in [4.69, 9.17) is 123 Å². The lowest BCUT2D eigenvalue weighted by atomic mass is 10.2. The number of methoxy groups -OCH3 is 4. The summed E-state index contributed by atoms with van der Waals surface area (Å²) in [6, 6.07) is 0. The number of carbonyl (C=O) groups is 6. The number of amides is 6. The Morgan fingerprint density at radius 1 is 0.202 bits per heavy atom. The predicted molar refractivity (Wildman–Crippen MR) is 371 cm³/mol. The number of ether oxygens (including phenoxy) is 26. The van der Waals surface area contributed by atoms with Crippen molar-refractivity contribution in [1.82, 2.24) is 31.9 Å². The number of carbonyl (C=O) groups excluding carboxylic acids is 6. The van der Waals surface area contributed by atoms with Gasteiger partial charge in [-0.05, 0) is 0 Å². The van der Waals surface area contributed by atoms with Crippen LogP contribution >= 0.6 is 0 Å². The maximum atomic E-state index is 12.7. The van der Waals surface area contributed by atoms with Gasteiger partial charge >= 0.3 is 0 Å². The molecule has 104 heavy (non-hydrogen) atoms. The maximum absolute atomic E-state index is 12.7. The summed E-state index contributed by atoms with van der Waals surface area (Å²) in [6.07, 6.45) is -1.20. The maximum Gasteiger partial charge on any atom is 0.246 e. The highest BCUT2D eigenvalue weighted by molar-refractivity contribution is 5.78. The van der Waals surface area contributed by atoms with Crippen molar-refractivity contribution >= 4 is 35.4 Å². The lowest BCUT2D eigenvalue weighted by Gasteiger charge is -2.18. The summed E-state index contributed by atoms with van der Waals surface area (Å²) in [5, 5.41) is 16.4. The van der Waals surface area contributed by atoms with E-state index in [2.05, 4.69) is 31.9 Å². The first-order valence-corrected chi connectivity index (χ1v) is 35.4. The molecule has 0 unspecified atom stereocenters. The standard InChI is InChI=1S/C66H128N6O32/c1-58(46-93-36-26-83-16-10-71-65(77)56-103-59(48-95-38-28-85-12-6-67-61(73)52-99-42-32-89-22-18-79-2)49-96-39-29-86-13-7-68-62(74)53-100-43-33-90-23-19-80-3)47-94-37-27-84-17-11-72-66(78)57-104-60(50-97-40-30-87-14-8-69-63(75)54-101-44-34-91-24-20-81-4)51-98-41-31-88-15-9-70-64(76)55-102-45-35-92-25-21-82-5/h58-60H,6-57H2,1-5H3,(H,67,73)(H,68,74)(H,69,75)(H,70,76)(H,71,77)(H,72,78). The van der Waals surface area contributed by atoms with Gasteiger partial charge < -0.3 is 155 Å². The van der Waals surface area contributed by atoms with Gasteiger partial charge in [-0.15, -0.1) is 0 Å². The minimum atomic E-state index is -0.598. The number of hydrogen-bond donors (Lipinski definition) is 6. The van der Waals surface area contributed by atoms with Gasteiger partial charge in [-0.1, -0.05) is 6.92 Å². The molecule has 0 heterocycles. The SMILES string of the molecule is COCCOCCOCC(=O)NCCOCCOCC(COCCOCCNC(=O)COCCOCCOC)OCC(=O)NCCOCCOCC(C)COCCOCCNC(=O)COC(COCCOCCNC(=O)COCCOCCOC)COCCOCCNC(=O)COCCOCCOC. The Morgan fingerprint density at radius 2 is 0.365 bits per heavy atom. The van der Waals surface area contributed by atoms with Gasteiger partial charge in [-0.3, -0.25) is 28.8 Å². The van der Waals surface area contributed by atoms with Crippen molar-refractivity contribution in [3.8, 4) is 0 Å². The van der Waals surface area contributed by atoms with Crippen LogP contribution in [-0.4, -0.2) is 419 Å². The van der Waals surface area contributed by atoms with E-state index in [0.29, 0.717) is 145 Å². The Kier molecular flexibility index (Phi) is 79.5. The third-order valence-corrected chi connectivity index (χ3v) is 12.7. The van der Waals surface area contributed by atoms with E-state index >= 15 is 0 Å². The minimum Gasteiger partial charge on any atom is -0.382 e. The Morgan fingerprint density at radius 3 is 0.577 bits per heavy atom. The van der Waals surface area contributed by atoms with Gasteiger partial charge in [-0.2, -0.15) is 0 Å². The summed E-state index contributed by atoms with van der Waals surface area (Å²) in [4.78, 5) is 73.3. The molecular formula is C66H128N6O32. The fraction of sp³-hybridized carbons (Fsp3) is 0.909. The molecule has 0 aromatic carbocycles. The molecule has 0 bridgehead atoms. The molecule has 0 atom stereocenters. The summed E-state index contributed by atoms with van der Waals surface area (Å²) in [7, 11) is 6.35. The molecule has 38 heteroatoms. The van der Waals surface area contributed by atoms with Crippen molar-refractivity contribution in [2.24, 2.45) is 5.92 Å². The summed E-state index contributed by atoms with van der Waals surface area (Å²) in [5.74, 6) is -1.70. The van der Waals surface area contributed by atoms with E-state index in [-0.39, 0.29) is 239 Å². The zero-order chi connectivity index (χ0) is 75.6. The fourth-order valence-electron chi connectivity index (χ4n) is 7.46. The van der Waals surface area contributed by atoms with Crippen LogP contribution in [0.15, 0.2) is 0 Å². The van der Waals surface area contributed by atoms with Gasteiger partial charge in [0.15, 0.2) is 0 Å². The molecule has 0 saturated heterocycles. The van der Waals surface area contributed by atoms with Gasteiger partial charge in [0, 0.05) is 73.6 Å². The van der Waals surface area contributed by atoms with Crippen LogP contribution in [0.2, 0.25) is 0 Å². The highest BCUT2D eigenvalue weighted by Gasteiger charge is 2.16. The van der Waals surface area contributed by atoms with Crippen LogP contribution in [0, 0.1) is 5.92 Å². The average Bonchev–Trinajstić information content (AvgIpc) is 1.47. The predicted octanol–water partition coefficient (Wildman–Crippen LogP) is -3.99. The number of nitrogens with one attached hydrogen (secondary N) is 6. The van der Waals surface area contributed by atoms with Crippen LogP contribution in [0.3, 0.4) is 0 Å². The molecule has 0 aromatic heterocycles. The van der Waals surface area contributed by atoms with E-state index < -0.39 is 12.2 Å². The topological polar surface area (TPSA) is 415 Å². The van der Waals surface area contributed by atoms with Gasteiger partial charge in [0.05, 0.1) is 264 Å². The van der Waals surface area contributed by atoms with Crippen LogP contribution in [0.1, 0.15) is 6.92 Å². The van der Waals surface area contributed by atoms with Gasteiger partial charge in [0.2, 0.25) is 35.4 Å². The summed E-state index contributed by atoms with van der Waals surface area (Å²) >= 11 is 0. The van der Waals surface area contributed by atoms with E-state index in [1.165, 1.54) is 0 Å². The van der Waals surface area contributed by atoms with E-state index in [9.17, 15) is 28.8 Å². The van der Waals surface area contributed by atoms with Crippen LogP contribution < -0.4 is 31.9 Å². The molecule has 0 spiro atoms. The quantitative estimate of drug-likeness (QED) is 0.0316. The smallest absolute Gasteiger partial charge is 0.246 e. The van der Waals surface area contributed by atoms with Gasteiger partial charge in [0.25, 0.3) is 0 Å². The van der Waals surface area contributed by atoms with Crippen molar-refractivity contribution in [3.63, 3.8) is 0 Å². The molecule has 0 aromatic rings. The molecule has 0 aliphatic carbocycles. The van der Waals surface area contributed by atoms with Crippen molar-refractivity contribution in [2.45, 2.75) is 19.1 Å². The Hall–Kier alpha value is -4.22. The molecule has 614 valence electrons. The van der Waals surface area contributed by atoms with Crippen LogP contribution in [-0.2, 0) is 152 Å². The van der Waals surface area contributed by atoms with Crippen molar-refractivity contribution < 1.29 is 152 Å². The monoisotopic (exact) mass is 1520 g/mol. The normalized spacial score (nSPS) is 11.5. The van der Waals surface area contributed by atoms with Gasteiger partial charge in [-0.25, -0.2) is 0 Å². The summed E-state index contributed by atoms with van der Waals surface area (Å²) < 4.78 is 142. The molecule has 0 fully saturated rings. The fourth-order valence-corrected chi connectivity index (χ4v) is 7.46. The lowest BCUT2D eigenvalue weighted by molar-refractivity contribution is -0.133. The molecule has 38 nitrogen and oxygen atoms in total. The zero-order valence-electron chi connectivity index (χ0n) is 62.6. The third kappa shape index (κ3) is 78.8. The first-order valence-electron chi connectivity index (χ1n) is 35.4. The third-order valence-electron chi connectivity index (χ3n) is 12.7. The molecule has 0 aliphatic rings. The first kappa shape index (κ1) is 99.8. The Labute approximate surface area is 614 Å². The first-order chi connectivity index (χ1) is 51.0. The second kappa shape index (κ2) is 82.8. The molecule has 0 rings (SSSR count). The molecule has 0 aliphatic heterocycles. The minimum absolute atomic E-state index is 0.0920. The molecule has 6 amide bonds. The van der Waals surface area contributed by atoms with Crippen LogP contribution in [0.4, 0.5) is 0 Å². The second-order valence-electron chi connectivity index (χ2n) is 21.8. The Balaban J connectivity index is 4.50. The van der Waals surface area contributed by atoms with Crippen LogP contribution in [0.5, 0.6) is 0 Å². The average molecular weight is 1520 g/mol. The summed E-state index contributed by atoms with van der Waals surface area (Å²) in [5.41, 5.74) is 0. The highest BCUT2D eigenvalue weighted by Crippen LogP contribution is 2.01. The van der Waals surface area contributed by atoms with Crippen LogP contribution in [0.25, 0.3) is 0 Å². The van der Waals surface area contributed by atoms with Crippen molar-refractivity contribution in [2.75, 3.05) is 372 Å². The Bertz CT molecular complexity index is 1690. The molecule has 6 N–H and O–H groups in total. The van der Waals surface area contributed by atoms with E-state index in [1.807, 2.05) is 6.92 Å². The number of rotatable bonds is 86. The van der Waals surface area contributed by atoms with Crippen molar-refractivity contribution in [1.29, 1.82) is 0 Å².